The van der Waals surface area contributed by atoms with Crippen molar-refractivity contribution in [2.24, 2.45) is 0 Å². The lowest BCUT2D eigenvalue weighted by molar-refractivity contribution is 0.0527. The number of hydrogen-bond donors (Lipinski definition) is 1. The van der Waals surface area contributed by atoms with Crippen molar-refractivity contribution in [2.75, 3.05) is 11.9 Å². The Bertz CT molecular complexity index is 848. The van der Waals surface area contributed by atoms with Gasteiger partial charge in [0.2, 0.25) is 0 Å². The topological polar surface area (TPSA) is 55.4 Å². The van der Waals surface area contributed by atoms with Crippen LogP contribution in [-0.2, 0) is 17.6 Å². The van der Waals surface area contributed by atoms with Crippen molar-refractivity contribution in [2.45, 2.75) is 39.0 Å². The van der Waals surface area contributed by atoms with Gasteiger partial charge < -0.3 is 10.1 Å². The number of ether oxygens (including phenoxy) is 1. The molecule has 0 radical (unpaired) electrons. The highest BCUT2D eigenvalue weighted by Gasteiger charge is 2.27. The van der Waals surface area contributed by atoms with E-state index in [0.29, 0.717) is 27.8 Å². The van der Waals surface area contributed by atoms with Gasteiger partial charge in [-0.25, -0.2) is 4.79 Å². The van der Waals surface area contributed by atoms with E-state index in [2.05, 4.69) is 5.32 Å². The van der Waals surface area contributed by atoms with E-state index >= 15 is 0 Å². The summed E-state index contributed by atoms with van der Waals surface area (Å²) in [5.41, 5.74) is 1.82. The molecule has 3 rings (SSSR count). The second-order valence-corrected chi connectivity index (χ2v) is 8.02. The van der Waals surface area contributed by atoms with Crippen LogP contribution in [0.3, 0.4) is 0 Å². The summed E-state index contributed by atoms with van der Waals surface area (Å²) in [5.74, 6) is -0.752. The molecule has 0 atom stereocenters. The third-order valence-electron chi connectivity index (χ3n) is 4.30. The Morgan fingerprint density at radius 3 is 2.69 bits per heavy atom. The van der Waals surface area contributed by atoms with Crippen molar-refractivity contribution in [1.29, 1.82) is 0 Å². The second-order valence-electron chi connectivity index (χ2n) is 6.07. The molecule has 1 aromatic carbocycles. The predicted octanol–water partition coefficient (Wildman–Crippen LogP) is 5.75. The van der Waals surface area contributed by atoms with Crippen molar-refractivity contribution in [3.05, 3.63) is 49.8 Å². The summed E-state index contributed by atoms with van der Waals surface area (Å²) in [7, 11) is 0. The Morgan fingerprint density at radius 2 is 1.96 bits per heavy atom. The molecule has 1 amide bonds. The normalized spacial score (nSPS) is 13.7. The van der Waals surface area contributed by atoms with Crippen molar-refractivity contribution in [1.82, 2.24) is 0 Å². The number of hydrogen-bond acceptors (Lipinski definition) is 4. The molecule has 0 unspecified atom stereocenters. The molecule has 1 aromatic heterocycles. The number of aryl methyl sites for hydroxylation is 1. The highest BCUT2D eigenvalue weighted by atomic mass is 35.5. The first-order valence-corrected chi connectivity index (χ1v) is 10.2. The van der Waals surface area contributed by atoms with Crippen LogP contribution in [0.2, 0.25) is 10.0 Å². The van der Waals surface area contributed by atoms with E-state index in [1.807, 2.05) is 0 Å². The van der Waals surface area contributed by atoms with Gasteiger partial charge in [-0.05, 0) is 56.4 Å². The first kappa shape index (κ1) is 19.2. The summed E-state index contributed by atoms with van der Waals surface area (Å²) < 4.78 is 5.23. The van der Waals surface area contributed by atoms with Crippen LogP contribution in [0.5, 0.6) is 0 Å². The number of carbonyl (C=O) groups is 2. The summed E-state index contributed by atoms with van der Waals surface area (Å²) >= 11 is 13.5. The molecule has 0 bridgehead atoms. The number of esters is 1. The molecule has 0 aliphatic heterocycles. The molecule has 0 saturated heterocycles. The van der Waals surface area contributed by atoms with Crippen LogP contribution in [-0.4, -0.2) is 18.5 Å². The van der Waals surface area contributed by atoms with Crippen molar-refractivity contribution in [3.63, 3.8) is 0 Å². The van der Waals surface area contributed by atoms with Gasteiger partial charge in [0.05, 0.1) is 22.8 Å². The van der Waals surface area contributed by atoms with Gasteiger partial charge in [-0.1, -0.05) is 29.6 Å². The minimum atomic E-state index is -0.385. The minimum absolute atomic E-state index is 0.269. The van der Waals surface area contributed by atoms with Crippen molar-refractivity contribution >= 4 is 51.4 Å². The lowest BCUT2D eigenvalue weighted by Crippen LogP contribution is -2.15. The first-order chi connectivity index (χ1) is 12.5. The van der Waals surface area contributed by atoms with Gasteiger partial charge in [-0.3, -0.25) is 4.79 Å². The quantitative estimate of drug-likeness (QED) is 0.514. The van der Waals surface area contributed by atoms with Crippen LogP contribution in [0, 0.1) is 0 Å². The van der Waals surface area contributed by atoms with Crippen LogP contribution >= 0.6 is 34.5 Å². The number of fused-ring (bicyclic) bond motifs is 1. The molecule has 26 heavy (non-hydrogen) atoms. The van der Waals surface area contributed by atoms with Gasteiger partial charge >= 0.3 is 5.97 Å². The Hall–Kier alpha value is -1.56. The monoisotopic (exact) mass is 411 g/mol. The van der Waals surface area contributed by atoms with Gasteiger partial charge in [0, 0.05) is 9.90 Å². The summed E-state index contributed by atoms with van der Waals surface area (Å²) in [6.07, 6.45) is 5.02. The van der Waals surface area contributed by atoms with Crippen LogP contribution in [0.1, 0.15) is 57.3 Å². The van der Waals surface area contributed by atoms with E-state index in [1.165, 1.54) is 17.4 Å². The molecule has 138 valence electrons. The molecule has 0 spiro atoms. The smallest absolute Gasteiger partial charge is 0.341 e. The van der Waals surface area contributed by atoms with Gasteiger partial charge in [0.15, 0.2) is 0 Å². The molecular formula is C19H19Cl2NO3S. The highest BCUT2D eigenvalue weighted by molar-refractivity contribution is 7.17. The third kappa shape index (κ3) is 4.05. The van der Waals surface area contributed by atoms with Crippen LogP contribution in [0.4, 0.5) is 5.00 Å². The number of thiophene rings is 1. The SMILES string of the molecule is CCOC(=O)c1c(NC(=O)c2ccc(Cl)cc2Cl)sc2c1CCCCC2. The largest absolute Gasteiger partial charge is 0.462 e. The molecule has 7 heteroatoms. The average Bonchev–Trinajstić information content (AvgIpc) is 2.76. The van der Waals surface area contributed by atoms with Crippen LogP contribution in [0.15, 0.2) is 18.2 Å². The van der Waals surface area contributed by atoms with Crippen molar-refractivity contribution < 1.29 is 14.3 Å². The molecule has 1 aliphatic rings. The van der Waals surface area contributed by atoms with E-state index in [9.17, 15) is 9.59 Å². The Morgan fingerprint density at radius 1 is 1.19 bits per heavy atom. The first-order valence-electron chi connectivity index (χ1n) is 8.59. The maximum absolute atomic E-state index is 12.7. The Kier molecular flexibility index (Phi) is 6.22. The van der Waals surface area contributed by atoms with Gasteiger partial charge in [0.25, 0.3) is 5.91 Å². The van der Waals surface area contributed by atoms with Gasteiger partial charge in [-0.15, -0.1) is 11.3 Å². The molecular weight excluding hydrogens is 393 g/mol. The number of nitrogens with one attached hydrogen (secondary N) is 1. The zero-order chi connectivity index (χ0) is 18.7. The summed E-state index contributed by atoms with van der Waals surface area (Å²) in [5, 5.41) is 4.12. The molecule has 0 fully saturated rings. The second kappa shape index (κ2) is 8.42. The van der Waals surface area contributed by atoms with Gasteiger partial charge in [0.1, 0.15) is 5.00 Å². The van der Waals surface area contributed by atoms with Crippen LogP contribution < -0.4 is 5.32 Å². The zero-order valence-electron chi connectivity index (χ0n) is 14.4. The molecule has 1 aliphatic carbocycles. The number of carbonyl (C=O) groups excluding carboxylic acids is 2. The number of rotatable bonds is 4. The fraction of sp³-hybridized carbons (Fsp3) is 0.368. The van der Waals surface area contributed by atoms with Crippen molar-refractivity contribution in [3.8, 4) is 0 Å². The molecule has 0 saturated carbocycles. The maximum Gasteiger partial charge on any atom is 0.341 e. The maximum atomic E-state index is 12.7. The highest BCUT2D eigenvalue weighted by Crippen LogP contribution is 2.38. The summed E-state index contributed by atoms with van der Waals surface area (Å²) in [4.78, 5) is 26.4. The Balaban J connectivity index is 1.96. The van der Waals surface area contributed by atoms with Crippen LogP contribution in [0.25, 0.3) is 0 Å². The number of halogens is 2. The molecule has 4 nitrogen and oxygen atoms in total. The molecule has 2 aromatic rings. The Labute approximate surface area is 166 Å². The number of anilines is 1. The molecule has 1 heterocycles. The average molecular weight is 412 g/mol. The fourth-order valence-corrected chi connectivity index (χ4v) is 4.86. The van der Waals surface area contributed by atoms with E-state index < -0.39 is 0 Å². The fourth-order valence-electron chi connectivity index (χ4n) is 3.09. The molecule has 1 N–H and O–H groups in total. The zero-order valence-corrected chi connectivity index (χ0v) is 16.7. The number of amides is 1. The predicted molar refractivity (Wildman–Crippen MR) is 106 cm³/mol. The number of benzene rings is 1. The standard InChI is InChI=1S/C19H19Cl2NO3S/c1-2-25-19(24)16-13-6-4-3-5-7-15(13)26-18(16)22-17(23)12-9-8-11(20)10-14(12)21/h8-10H,2-7H2,1H3,(H,22,23). The van der Waals surface area contributed by atoms with E-state index in [4.69, 9.17) is 27.9 Å². The lowest BCUT2D eigenvalue weighted by Gasteiger charge is -2.09. The summed E-state index contributed by atoms with van der Waals surface area (Å²) in [6, 6.07) is 4.70. The third-order valence-corrected chi connectivity index (χ3v) is 6.06. The van der Waals surface area contributed by atoms with E-state index in [1.54, 1.807) is 19.1 Å². The minimum Gasteiger partial charge on any atom is -0.462 e. The van der Waals surface area contributed by atoms with E-state index in [-0.39, 0.29) is 16.9 Å². The lowest BCUT2D eigenvalue weighted by atomic mass is 10.1. The van der Waals surface area contributed by atoms with Gasteiger partial charge in [-0.2, -0.15) is 0 Å². The summed E-state index contributed by atoms with van der Waals surface area (Å²) in [6.45, 7) is 2.06. The van der Waals surface area contributed by atoms with E-state index in [0.717, 1.165) is 42.5 Å².